The standard InChI is InChI=1S/C12H17N3/c1-10-5-4-8-14-12(10)9-15(3)11(2)6-7-13/h4-5,8,11H,6,9H2,1-3H3. The van der Waals surface area contributed by atoms with Gasteiger partial charge in [-0.2, -0.15) is 5.26 Å². The Hall–Kier alpha value is -1.40. The van der Waals surface area contributed by atoms with Gasteiger partial charge in [0.05, 0.1) is 18.2 Å². The molecule has 0 bridgehead atoms. The highest BCUT2D eigenvalue weighted by atomic mass is 15.1. The third-order valence-electron chi connectivity index (χ3n) is 2.66. The van der Waals surface area contributed by atoms with Gasteiger partial charge in [-0.05, 0) is 32.5 Å². The lowest BCUT2D eigenvalue weighted by Crippen LogP contribution is -2.28. The summed E-state index contributed by atoms with van der Waals surface area (Å²) in [4.78, 5) is 6.49. The maximum atomic E-state index is 8.61. The SMILES string of the molecule is Cc1cccnc1CN(C)C(C)CC#N. The monoisotopic (exact) mass is 203 g/mol. The first-order valence-corrected chi connectivity index (χ1v) is 5.13. The van der Waals surface area contributed by atoms with E-state index in [1.54, 1.807) is 0 Å². The van der Waals surface area contributed by atoms with E-state index >= 15 is 0 Å². The number of hydrogen-bond acceptors (Lipinski definition) is 3. The van der Waals surface area contributed by atoms with Gasteiger partial charge >= 0.3 is 0 Å². The molecule has 0 saturated carbocycles. The first-order valence-electron chi connectivity index (χ1n) is 5.13. The predicted molar refractivity (Wildman–Crippen MR) is 60.1 cm³/mol. The van der Waals surface area contributed by atoms with Gasteiger partial charge in [0, 0.05) is 18.8 Å². The molecule has 1 heterocycles. The van der Waals surface area contributed by atoms with Gasteiger partial charge in [-0.1, -0.05) is 6.07 Å². The van der Waals surface area contributed by atoms with Crippen LogP contribution >= 0.6 is 0 Å². The molecular formula is C12H17N3. The Kier molecular flexibility index (Phi) is 4.26. The minimum Gasteiger partial charge on any atom is -0.297 e. The summed E-state index contributed by atoms with van der Waals surface area (Å²) >= 11 is 0. The van der Waals surface area contributed by atoms with Crippen molar-refractivity contribution in [1.29, 1.82) is 5.26 Å². The van der Waals surface area contributed by atoms with E-state index < -0.39 is 0 Å². The fourth-order valence-electron chi connectivity index (χ4n) is 1.36. The lowest BCUT2D eigenvalue weighted by molar-refractivity contribution is 0.249. The Morgan fingerprint density at radius 1 is 1.60 bits per heavy atom. The highest BCUT2D eigenvalue weighted by Gasteiger charge is 2.10. The highest BCUT2D eigenvalue weighted by molar-refractivity contribution is 5.17. The van der Waals surface area contributed by atoms with Crippen LogP contribution in [0, 0.1) is 18.3 Å². The van der Waals surface area contributed by atoms with Crippen molar-refractivity contribution in [3.8, 4) is 6.07 Å². The second-order valence-corrected chi connectivity index (χ2v) is 3.89. The Labute approximate surface area is 91.4 Å². The van der Waals surface area contributed by atoms with E-state index in [0.717, 1.165) is 12.2 Å². The van der Waals surface area contributed by atoms with Crippen molar-refractivity contribution in [2.24, 2.45) is 0 Å². The van der Waals surface area contributed by atoms with Crippen LogP contribution in [0.4, 0.5) is 0 Å². The maximum Gasteiger partial charge on any atom is 0.0638 e. The molecule has 1 atom stereocenters. The number of nitrogens with zero attached hydrogens (tertiary/aromatic N) is 3. The van der Waals surface area contributed by atoms with E-state index in [1.807, 2.05) is 19.3 Å². The zero-order valence-electron chi connectivity index (χ0n) is 9.57. The lowest BCUT2D eigenvalue weighted by atomic mass is 10.1. The molecule has 15 heavy (non-hydrogen) atoms. The summed E-state index contributed by atoms with van der Waals surface area (Å²) in [6.45, 7) is 4.92. The molecule has 0 amide bonds. The third-order valence-corrected chi connectivity index (χ3v) is 2.66. The molecule has 1 aromatic heterocycles. The van der Waals surface area contributed by atoms with Crippen LogP contribution in [0.1, 0.15) is 24.6 Å². The number of rotatable bonds is 4. The highest BCUT2D eigenvalue weighted by Crippen LogP contribution is 2.09. The van der Waals surface area contributed by atoms with Gasteiger partial charge in [-0.15, -0.1) is 0 Å². The van der Waals surface area contributed by atoms with E-state index in [9.17, 15) is 0 Å². The fourth-order valence-corrected chi connectivity index (χ4v) is 1.36. The second-order valence-electron chi connectivity index (χ2n) is 3.89. The van der Waals surface area contributed by atoms with Crippen molar-refractivity contribution < 1.29 is 0 Å². The lowest BCUT2D eigenvalue weighted by Gasteiger charge is -2.22. The molecule has 0 fully saturated rings. The molecule has 1 rings (SSSR count). The molecule has 3 heteroatoms. The molecule has 0 aromatic carbocycles. The third kappa shape index (κ3) is 3.34. The van der Waals surface area contributed by atoms with Crippen LogP contribution in [0.2, 0.25) is 0 Å². The van der Waals surface area contributed by atoms with Gasteiger partial charge in [0.2, 0.25) is 0 Å². The van der Waals surface area contributed by atoms with Gasteiger partial charge in [0.1, 0.15) is 0 Å². The first kappa shape index (κ1) is 11.7. The summed E-state index contributed by atoms with van der Waals surface area (Å²) in [5, 5.41) is 8.61. The smallest absolute Gasteiger partial charge is 0.0638 e. The van der Waals surface area contributed by atoms with E-state index in [4.69, 9.17) is 5.26 Å². The Balaban J connectivity index is 2.63. The molecule has 0 aliphatic heterocycles. The molecule has 0 spiro atoms. The van der Waals surface area contributed by atoms with Crippen LogP contribution in [0.3, 0.4) is 0 Å². The summed E-state index contributed by atoms with van der Waals surface area (Å²) in [6.07, 6.45) is 2.37. The normalized spacial score (nSPS) is 12.5. The zero-order chi connectivity index (χ0) is 11.3. The number of nitriles is 1. The van der Waals surface area contributed by atoms with Crippen LogP contribution in [-0.2, 0) is 6.54 Å². The van der Waals surface area contributed by atoms with Crippen LogP contribution in [0.5, 0.6) is 0 Å². The van der Waals surface area contributed by atoms with Crippen molar-refractivity contribution in [3.05, 3.63) is 29.6 Å². The number of aryl methyl sites for hydroxylation is 1. The summed E-state index contributed by atoms with van der Waals surface area (Å²) in [5.41, 5.74) is 2.29. The summed E-state index contributed by atoms with van der Waals surface area (Å²) in [6, 6.07) is 6.46. The van der Waals surface area contributed by atoms with E-state index in [2.05, 4.69) is 35.9 Å². The molecule has 0 aliphatic rings. The largest absolute Gasteiger partial charge is 0.297 e. The van der Waals surface area contributed by atoms with Crippen molar-refractivity contribution in [1.82, 2.24) is 9.88 Å². The topological polar surface area (TPSA) is 39.9 Å². The average Bonchev–Trinajstić information content (AvgIpc) is 2.21. The number of hydrogen-bond donors (Lipinski definition) is 0. The quantitative estimate of drug-likeness (QED) is 0.752. The van der Waals surface area contributed by atoms with Crippen LogP contribution in [0.25, 0.3) is 0 Å². The number of pyridine rings is 1. The molecule has 80 valence electrons. The van der Waals surface area contributed by atoms with E-state index in [-0.39, 0.29) is 6.04 Å². The van der Waals surface area contributed by atoms with Gasteiger partial charge in [-0.25, -0.2) is 0 Å². The molecule has 0 aliphatic carbocycles. The molecule has 3 nitrogen and oxygen atoms in total. The Morgan fingerprint density at radius 2 is 2.33 bits per heavy atom. The maximum absolute atomic E-state index is 8.61. The van der Waals surface area contributed by atoms with E-state index in [0.29, 0.717) is 6.42 Å². The molecule has 0 radical (unpaired) electrons. The molecule has 1 unspecified atom stereocenters. The minimum absolute atomic E-state index is 0.274. The van der Waals surface area contributed by atoms with Crippen molar-refractivity contribution in [3.63, 3.8) is 0 Å². The zero-order valence-corrected chi connectivity index (χ0v) is 9.57. The molecule has 1 aromatic rings. The summed E-state index contributed by atoms with van der Waals surface area (Å²) < 4.78 is 0. The Bertz CT molecular complexity index is 354. The fraction of sp³-hybridized carbons (Fsp3) is 0.500. The van der Waals surface area contributed by atoms with Crippen molar-refractivity contribution >= 4 is 0 Å². The van der Waals surface area contributed by atoms with Gasteiger partial charge in [-0.3, -0.25) is 9.88 Å². The summed E-state index contributed by atoms with van der Waals surface area (Å²) in [7, 11) is 2.02. The number of aromatic nitrogens is 1. The van der Waals surface area contributed by atoms with Gasteiger partial charge in [0.25, 0.3) is 0 Å². The van der Waals surface area contributed by atoms with Crippen molar-refractivity contribution in [2.45, 2.75) is 32.9 Å². The molecular weight excluding hydrogens is 186 g/mol. The molecule has 0 N–H and O–H groups in total. The van der Waals surface area contributed by atoms with Gasteiger partial charge in [0.15, 0.2) is 0 Å². The van der Waals surface area contributed by atoms with Crippen LogP contribution in [0.15, 0.2) is 18.3 Å². The average molecular weight is 203 g/mol. The van der Waals surface area contributed by atoms with Gasteiger partial charge < -0.3 is 0 Å². The minimum atomic E-state index is 0.274. The second kappa shape index (κ2) is 5.47. The first-order chi connectivity index (χ1) is 7.15. The Morgan fingerprint density at radius 3 is 2.93 bits per heavy atom. The van der Waals surface area contributed by atoms with Crippen molar-refractivity contribution in [2.75, 3.05) is 7.05 Å². The summed E-state index contributed by atoms with van der Waals surface area (Å²) in [5.74, 6) is 0. The molecule has 0 saturated heterocycles. The van der Waals surface area contributed by atoms with Crippen LogP contribution in [-0.4, -0.2) is 23.0 Å². The predicted octanol–water partition coefficient (Wildman–Crippen LogP) is 2.12. The van der Waals surface area contributed by atoms with E-state index in [1.165, 1.54) is 5.56 Å². The van der Waals surface area contributed by atoms with Crippen LogP contribution < -0.4 is 0 Å².